The summed E-state index contributed by atoms with van der Waals surface area (Å²) in [5.74, 6) is -0.351. The fraction of sp³-hybridized carbons (Fsp3) is 0.591. The van der Waals surface area contributed by atoms with E-state index < -0.39 is 6.04 Å². The molecule has 29 heavy (non-hydrogen) atoms. The van der Waals surface area contributed by atoms with Crippen LogP contribution in [0.15, 0.2) is 24.3 Å². The Morgan fingerprint density at radius 1 is 1.21 bits per heavy atom. The van der Waals surface area contributed by atoms with E-state index in [-0.39, 0.29) is 29.7 Å². The van der Waals surface area contributed by atoms with Crippen molar-refractivity contribution in [3.63, 3.8) is 0 Å². The van der Waals surface area contributed by atoms with Crippen molar-refractivity contribution in [1.82, 2.24) is 15.5 Å². The van der Waals surface area contributed by atoms with Crippen molar-refractivity contribution in [1.29, 1.82) is 0 Å². The second kappa shape index (κ2) is 11.2. The smallest absolute Gasteiger partial charge is 0.251 e. The zero-order chi connectivity index (χ0) is 21.4. The van der Waals surface area contributed by atoms with Gasteiger partial charge in [-0.3, -0.25) is 14.4 Å². The highest BCUT2D eigenvalue weighted by molar-refractivity contribution is 6.30. The molecule has 6 nitrogen and oxygen atoms in total. The van der Waals surface area contributed by atoms with Crippen molar-refractivity contribution in [2.45, 2.75) is 65.0 Å². The predicted octanol–water partition coefficient (Wildman–Crippen LogP) is 3.39. The van der Waals surface area contributed by atoms with Crippen LogP contribution in [0.1, 0.15) is 63.2 Å². The molecule has 1 aromatic rings. The molecule has 1 heterocycles. The van der Waals surface area contributed by atoms with Crippen LogP contribution in [0.25, 0.3) is 0 Å². The molecule has 3 atom stereocenters. The highest BCUT2D eigenvalue weighted by Crippen LogP contribution is 2.17. The second-order valence-corrected chi connectivity index (χ2v) is 8.22. The highest BCUT2D eigenvalue weighted by Gasteiger charge is 2.33. The summed E-state index contributed by atoms with van der Waals surface area (Å²) in [4.78, 5) is 39.6. The summed E-state index contributed by atoms with van der Waals surface area (Å²) in [5.41, 5.74) is 0.471. The van der Waals surface area contributed by atoms with E-state index in [0.29, 0.717) is 30.1 Å². The van der Waals surface area contributed by atoms with Gasteiger partial charge in [-0.1, -0.05) is 38.8 Å². The molecule has 2 rings (SSSR count). The number of halogens is 1. The maximum absolute atomic E-state index is 13.3. The number of hydrogen-bond acceptors (Lipinski definition) is 3. The Kier molecular flexibility index (Phi) is 8.96. The van der Waals surface area contributed by atoms with E-state index in [4.69, 9.17) is 11.6 Å². The molecular weight excluding hydrogens is 390 g/mol. The summed E-state index contributed by atoms with van der Waals surface area (Å²) >= 11 is 5.89. The van der Waals surface area contributed by atoms with Gasteiger partial charge in [-0.05, 0) is 49.4 Å². The third-order valence-corrected chi connectivity index (χ3v) is 5.70. The van der Waals surface area contributed by atoms with Crippen LogP contribution in [0.3, 0.4) is 0 Å². The first-order chi connectivity index (χ1) is 13.8. The molecule has 1 fully saturated rings. The standard InChI is InChI=1S/C22H32ClN3O3/c1-4-7-19(27)24-18-8-6-13-26(14-18)22(29)20(15(3)5-2)25-21(28)16-9-11-17(23)12-10-16/h9-12,15,18,20H,4-8,13-14H2,1-3H3,(H,24,27)(H,25,28). The third kappa shape index (κ3) is 6.74. The number of amides is 3. The lowest BCUT2D eigenvalue weighted by atomic mass is 9.95. The van der Waals surface area contributed by atoms with Crippen molar-refractivity contribution >= 4 is 29.3 Å². The van der Waals surface area contributed by atoms with Gasteiger partial charge in [0, 0.05) is 36.1 Å². The van der Waals surface area contributed by atoms with Gasteiger partial charge >= 0.3 is 0 Å². The molecule has 1 aliphatic heterocycles. The van der Waals surface area contributed by atoms with Gasteiger partial charge < -0.3 is 15.5 Å². The maximum Gasteiger partial charge on any atom is 0.251 e. The monoisotopic (exact) mass is 421 g/mol. The lowest BCUT2D eigenvalue weighted by molar-refractivity contribution is -0.136. The van der Waals surface area contributed by atoms with Crippen LogP contribution in [0.2, 0.25) is 5.02 Å². The van der Waals surface area contributed by atoms with E-state index in [1.54, 1.807) is 29.2 Å². The molecule has 0 radical (unpaired) electrons. The molecule has 3 amide bonds. The predicted molar refractivity (Wildman–Crippen MR) is 115 cm³/mol. The molecule has 0 bridgehead atoms. The summed E-state index contributed by atoms with van der Waals surface area (Å²) in [6, 6.07) is 5.98. The summed E-state index contributed by atoms with van der Waals surface area (Å²) in [6.07, 6.45) is 3.76. The topological polar surface area (TPSA) is 78.5 Å². The number of benzene rings is 1. The molecule has 3 unspecified atom stereocenters. The number of piperidine rings is 1. The number of likely N-dealkylation sites (tertiary alicyclic amines) is 1. The quantitative estimate of drug-likeness (QED) is 0.675. The average Bonchev–Trinajstić information content (AvgIpc) is 2.71. The Balaban J connectivity index is 2.06. The zero-order valence-corrected chi connectivity index (χ0v) is 18.3. The average molecular weight is 422 g/mol. The molecule has 1 saturated heterocycles. The Bertz CT molecular complexity index is 708. The summed E-state index contributed by atoms with van der Waals surface area (Å²) in [5, 5.41) is 6.50. The van der Waals surface area contributed by atoms with Gasteiger partial charge in [0.1, 0.15) is 6.04 Å². The van der Waals surface area contributed by atoms with Crippen molar-refractivity contribution in [3.05, 3.63) is 34.9 Å². The SMILES string of the molecule is CCCC(=O)NC1CCCN(C(=O)C(NC(=O)c2ccc(Cl)cc2)C(C)CC)C1. The molecule has 0 aliphatic carbocycles. The minimum atomic E-state index is -0.603. The molecule has 1 aromatic carbocycles. The molecule has 0 saturated carbocycles. The van der Waals surface area contributed by atoms with Crippen LogP contribution in [0.4, 0.5) is 0 Å². The summed E-state index contributed by atoms with van der Waals surface area (Å²) < 4.78 is 0. The van der Waals surface area contributed by atoms with Gasteiger partial charge in [-0.25, -0.2) is 0 Å². The number of carbonyl (C=O) groups excluding carboxylic acids is 3. The van der Waals surface area contributed by atoms with Gasteiger partial charge in [0.15, 0.2) is 0 Å². The van der Waals surface area contributed by atoms with E-state index in [1.165, 1.54) is 0 Å². The van der Waals surface area contributed by atoms with Gasteiger partial charge in [-0.2, -0.15) is 0 Å². The summed E-state index contributed by atoms with van der Waals surface area (Å²) in [6.45, 7) is 7.07. The van der Waals surface area contributed by atoms with E-state index in [1.807, 2.05) is 20.8 Å². The first-order valence-corrected chi connectivity index (χ1v) is 10.9. The van der Waals surface area contributed by atoms with Crippen LogP contribution in [0.5, 0.6) is 0 Å². The molecule has 0 spiro atoms. The molecule has 1 aliphatic rings. The van der Waals surface area contributed by atoms with Crippen molar-refractivity contribution < 1.29 is 14.4 Å². The van der Waals surface area contributed by atoms with Crippen LogP contribution in [-0.4, -0.2) is 47.8 Å². The van der Waals surface area contributed by atoms with Crippen LogP contribution < -0.4 is 10.6 Å². The van der Waals surface area contributed by atoms with E-state index in [9.17, 15) is 14.4 Å². The highest BCUT2D eigenvalue weighted by atomic mass is 35.5. The minimum absolute atomic E-state index is 0.00573. The van der Waals surface area contributed by atoms with Gasteiger partial charge in [0.2, 0.25) is 11.8 Å². The van der Waals surface area contributed by atoms with Crippen molar-refractivity contribution in [2.75, 3.05) is 13.1 Å². The van der Waals surface area contributed by atoms with E-state index in [0.717, 1.165) is 25.7 Å². The minimum Gasteiger partial charge on any atom is -0.352 e. The molecule has 7 heteroatoms. The largest absolute Gasteiger partial charge is 0.352 e. The van der Waals surface area contributed by atoms with Crippen molar-refractivity contribution in [2.24, 2.45) is 5.92 Å². The normalized spacial score (nSPS) is 18.6. The zero-order valence-electron chi connectivity index (χ0n) is 17.5. The Morgan fingerprint density at radius 2 is 1.90 bits per heavy atom. The number of nitrogens with one attached hydrogen (secondary N) is 2. The molecule has 0 aromatic heterocycles. The first-order valence-electron chi connectivity index (χ1n) is 10.5. The fourth-order valence-electron chi connectivity index (χ4n) is 3.53. The van der Waals surface area contributed by atoms with E-state index >= 15 is 0 Å². The Hall–Kier alpha value is -2.08. The Morgan fingerprint density at radius 3 is 2.52 bits per heavy atom. The third-order valence-electron chi connectivity index (χ3n) is 5.45. The van der Waals surface area contributed by atoms with Gasteiger partial charge in [0.25, 0.3) is 5.91 Å². The molecule has 2 N–H and O–H groups in total. The first kappa shape index (κ1) is 23.2. The van der Waals surface area contributed by atoms with Gasteiger partial charge in [0.05, 0.1) is 0 Å². The Labute approximate surface area is 178 Å². The lowest BCUT2D eigenvalue weighted by Gasteiger charge is -2.36. The number of rotatable bonds is 8. The van der Waals surface area contributed by atoms with Crippen molar-refractivity contribution in [3.8, 4) is 0 Å². The van der Waals surface area contributed by atoms with Crippen LogP contribution in [-0.2, 0) is 9.59 Å². The van der Waals surface area contributed by atoms with Gasteiger partial charge in [-0.15, -0.1) is 0 Å². The number of hydrogen-bond donors (Lipinski definition) is 2. The lowest BCUT2D eigenvalue weighted by Crippen LogP contribution is -2.56. The number of carbonyl (C=O) groups is 3. The fourth-order valence-corrected chi connectivity index (χ4v) is 3.65. The summed E-state index contributed by atoms with van der Waals surface area (Å²) in [7, 11) is 0. The van der Waals surface area contributed by atoms with Crippen LogP contribution >= 0.6 is 11.6 Å². The van der Waals surface area contributed by atoms with E-state index in [2.05, 4.69) is 10.6 Å². The maximum atomic E-state index is 13.3. The number of nitrogens with zero attached hydrogens (tertiary/aromatic N) is 1. The van der Waals surface area contributed by atoms with Crippen LogP contribution in [0, 0.1) is 5.92 Å². The molecule has 160 valence electrons. The second-order valence-electron chi connectivity index (χ2n) is 7.78. The molecular formula is C22H32ClN3O3.